The summed E-state index contributed by atoms with van der Waals surface area (Å²) in [7, 11) is 0. The lowest BCUT2D eigenvalue weighted by Gasteiger charge is -2.15. The van der Waals surface area contributed by atoms with Crippen molar-refractivity contribution >= 4 is 54.3 Å². The second-order valence-corrected chi connectivity index (χ2v) is 12.5. The third-order valence-corrected chi connectivity index (χ3v) is 9.75. The number of aromatic nitrogens is 3. The van der Waals surface area contributed by atoms with Crippen molar-refractivity contribution in [3.8, 4) is 33.6 Å². The van der Waals surface area contributed by atoms with Gasteiger partial charge in [0.05, 0.1) is 28.4 Å². The number of rotatable bonds is 4. The molecule has 0 saturated carbocycles. The number of hydrogen-bond donors (Lipinski definition) is 0. The maximum atomic E-state index is 4.92. The fourth-order valence-corrected chi connectivity index (χ4v) is 7.57. The summed E-state index contributed by atoms with van der Waals surface area (Å²) >= 11 is 0. The van der Waals surface area contributed by atoms with Gasteiger partial charge >= 0.3 is 0 Å². The van der Waals surface area contributed by atoms with Gasteiger partial charge < -0.3 is 4.57 Å². The molecule has 2 aromatic heterocycles. The van der Waals surface area contributed by atoms with E-state index in [1.807, 2.05) is 12.3 Å². The van der Waals surface area contributed by atoms with Crippen LogP contribution in [0.3, 0.4) is 0 Å². The van der Waals surface area contributed by atoms with Crippen molar-refractivity contribution in [3.63, 3.8) is 0 Å². The third kappa shape index (κ3) is 4.04. The van der Waals surface area contributed by atoms with E-state index < -0.39 is 0 Å². The zero-order valence-corrected chi connectivity index (χ0v) is 26.1. The van der Waals surface area contributed by atoms with Crippen molar-refractivity contribution in [3.05, 3.63) is 176 Å². The van der Waals surface area contributed by atoms with Gasteiger partial charge in [-0.3, -0.25) is 0 Å². The van der Waals surface area contributed by atoms with Gasteiger partial charge in [0.25, 0.3) is 0 Å². The monoisotopic (exact) mass is 611 g/mol. The van der Waals surface area contributed by atoms with E-state index >= 15 is 0 Å². The zero-order chi connectivity index (χ0) is 31.6. The first-order valence-corrected chi connectivity index (χ1v) is 16.4. The van der Waals surface area contributed by atoms with Gasteiger partial charge in [-0.05, 0) is 80.9 Å². The van der Waals surface area contributed by atoms with Crippen molar-refractivity contribution in [2.75, 3.05) is 0 Å². The lowest BCUT2D eigenvalue weighted by Crippen LogP contribution is -1.97. The van der Waals surface area contributed by atoms with Crippen LogP contribution in [0.15, 0.2) is 176 Å². The third-order valence-electron chi connectivity index (χ3n) is 9.75. The molecule has 0 fully saturated rings. The maximum absolute atomic E-state index is 4.92. The van der Waals surface area contributed by atoms with Crippen LogP contribution in [0.2, 0.25) is 0 Å². The molecule has 0 amide bonds. The highest BCUT2D eigenvalue weighted by Gasteiger charge is 2.21. The molecule has 0 bridgehead atoms. The van der Waals surface area contributed by atoms with E-state index in [1.165, 1.54) is 60.1 Å². The maximum Gasteiger partial charge on any atom is 0.0748 e. The Labute approximate surface area is 277 Å². The van der Waals surface area contributed by atoms with Crippen LogP contribution in [0.4, 0.5) is 0 Å². The number of hydrogen-bond acceptors (Lipinski definition) is 1. The Kier molecular flexibility index (Phi) is 5.87. The second kappa shape index (κ2) is 10.5. The fourth-order valence-electron chi connectivity index (χ4n) is 7.57. The van der Waals surface area contributed by atoms with Crippen LogP contribution in [0.1, 0.15) is 0 Å². The Bertz CT molecular complexity index is 2750. The average Bonchev–Trinajstić information content (AvgIpc) is 3.75. The predicted molar refractivity (Wildman–Crippen MR) is 201 cm³/mol. The molecule has 2 heterocycles. The van der Waals surface area contributed by atoms with E-state index in [4.69, 9.17) is 5.10 Å². The van der Waals surface area contributed by atoms with Gasteiger partial charge in [0.1, 0.15) is 0 Å². The number of benzene rings is 8. The van der Waals surface area contributed by atoms with Crippen molar-refractivity contribution in [2.24, 2.45) is 0 Å². The van der Waals surface area contributed by atoms with E-state index in [0.29, 0.717) is 0 Å². The van der Waals surface area contributed by atoms with Crippen LogP contribution in [-0.2, 0) is 0 Å². The van der Waals surface area contributed by atoms with Gasteiger partial charge in [0, 0.05) is 27.2 Å². The van der Waals surface area contributed by atoms with Crippen LogP contribution in [-0.4, -0.2) is 14.3 Å². The molecule has 0 atom stereocenters. The molecule has 0 N–H and O–H groups in total. The SMILES string of the molecule is c1ccc(-c2cc(-c3ccccc3)cc(-n3c4ccc5c(cnn5-c5ccccc5)c4c4ccc5c6ccccc6ccc5c43)c2)cc1. The molecule has 0 aliphatic heterocycles. The molecule has 10 aromatic rings. The van der Waals surface area contributed by atoms with Gasteiger partial charge in [-0.15, -0.1) is 0 Å². The first-order valence-electron chi connectivity index (χ1n) is 16.4. The summed E-state index contributed by atoms with van der Waals surface area (Å²) in [6, 6.07) is 61.2. The topological polar surface area (TPSA) is 22.8 Å². The van der Waals surface area contributed by atoms with E-state index in [0.717, 1.165) is 27.8 Å². The highest BCUT2D eigenvalue weighted by molar-refractivity contribution is 6.27. The molecule has 3 nitrogen and oxygen atoms in total. The normalized spacial score (nSPS) is 11.8. The van der Waals surface area contributed by atoms with Crippen molar-refractivity contribution in [1.29, 1.82) is 0 Å². The van der Waals surface area contributed by atoms with Crippen LogP contribution >= 0.6 is 0 Å². The first-order chi connectivity index (χ1) is 23.8. The Morgan fingerprint density at radius 3 is 1.71 bits per heavy atom. The fraction of sp³-hybridized carbons (Fsp3) is 0. The Hall–Kier alpha value is -6.45. The lowest BCUT2D eigenvalue weighted by molar-refractivity contribution is 0.911. The van der Waals surface area contributed by atoms with Gasteiger partial charge in [-0.2, -0.15) is 5.10 Å². The molecular weight excluding hydrogens is 583 g/mol. The molecule has 0 unspecified atom stereocenters. The molecular formula is C45H29N3. The van der Waals surface area contributed by atoms with E-state index in [9.17, 15) is 0 Å². The molecule has 0 radical (unpaired) electrons. The van der Waals surface area contributed by atoms with Crippen LogP contribution < -0.4 is 0 Å². The first kappa shape index (κ1) is 26.7. The summed E-state index contributed by atoms with van der Waals surface area (Å²) in [5, 5.41) is 13.5. The molecule has 10 rings (SSSR count). The highest BCUT2D eigenvalue weighted by Crippen LogP contribution is 2.43. The van der Waals surface area contributed by atoms with Crippen molar-refractivity contribution in [2.45, 2.75) is 0 Å². The van der Waals surface area contributed by atoms with E-state index in [1.54, 1.807) is 0 Å². The number of para-hydroxylation sites is 1. The molecule has 48 heavy (non-hydrogen) atoms. The summed E-state index contributed by atoms with van der Waals surface area (Å²) in [5.74, 6) is 0. The zero-order valence-electron chi connectivity index (χ0n) is 26.1. The largest absolute Gasteiger partial charge is 0.309 e. The summed E-state index contributed by atoms with van der Waals surface area (Å²) in [5.41, 5.74) is 10.4. The smallest absolute Gasteiger partial charge is 0.0748 e. The Morgan fingerprint density at radius 2 is 0.979 bits per heavy atom. The molecule has 224 valence electrons. The minimum Gasteiger partial charge on any atom is -0.309 e. The summed E-state index contributed by atoms with van der Waals surface area (Å²) < 4.78 is 4.54. The number of nitrogens with zero attached hydrogens (tertiary/aromatic N) is 3. The summed E-state index contributed by atoms with van der Waals surface area (Å²) in [4.78, 5) is 0. The van der Waals surface area contributed by atoms with E-state index in [2.05, 4.69) is 173 Å². The highest BCUT2D eigenvalue weighted by atomic mass is 15.3. The average molecular weight is 612 g/mol. The van der Waals surface area contributed by atoms with Crippen LogP contribution in [0.25, 0.3) is 87.9 Å². The minimum absolute atomic E-state index is 1.05. The minimum atomic E-state index is 1.05. The molecule has 3 heteroatoms. The van der Waals surface area contributed by atoms with Gasteiger partial charge in [0.15, 0.2) is 0 Å². The number of fused-ring (bicyclic) bond motifs is 9. The Balaban J connectivity index is 1.36. The standard InChI is InChI=1S/C45H29N3/c1-4-12-30(13-5-1)33-26-34(31-14-6-2-7-15-31)28-36(27-33)47-43-25-24-42-41(29-46-48(42)35-17-8-3-9-18-35)44(43)40-23-22-38-37-19-11-10-16-32(37)20-21-39(38)45(40)47/h1-29H. The second-order valence-electron chi connectivity index (χ2n) is 12.5. The summed E-state index contributed by atoms with van der Waals surface area (Å²) in [6.07, 6.45) is 2.04. The molecule has 0 aliphatic rings. The quantitative estimate of drug-likeness (QED) is 0.182. The molecule has 0 saturated heterocycles. The van der Waals surface area contributed by atoms with Gasteiger partial charge in [-0.1, -0.05) is 127 Å². The van der Waals surface area contributed by atoms with Crippen LogP contribution in [0.5, 0.6) is 0 Å². The van der Waals surface area contributed by atoms with E-state index in [-0.39, 0.29) is 0 Å². The molecule has 8 aromatic carbocycles. The molecule has 0 aliphatic carbocycles. The van der Waals surface area contributed by atoms with Crippen LogP contribution in [0, 0.1) is 0 Å². The molecule has 0 spiro atoms. The van der Waals surface area contributed by atoms with Gasteiger partial charge in [0.2, 0.25) is 0 Å². The van der Waals surface area contributed by atoms with Gasteiger partial charge in [-0.25, -0.2) is 4.68 Å². The van der Waals surface area contributed by atoms with Crippen molar-refractivity contribution < 1.29 is 0 Å². The predicted octanol–water partition coefficient (Wildman–Crippen LogP) is 11.8. The Morgan fingerprint density at radius 1 is 0.375 bits per heavy atom. The lowest BCUT2D eigenvalue weighted by atomic mass is 9.97. The summed E-state index contributed by atoms with van der Waals surface area (Å²) in [6.45, 7) is 0. The van der Waals surface area contributed by atoms with Crippen molar-refractivity contribution in [1.82, 2.24) is 14.3 Å².